The van der Waals surface area contributed by atoms with Crippen molar-refractivity contribution >= 4 is 7.26 Å². The third-order valence-corrected chi connectivity index (χ3v) is 11.2. The van der Waals surface area contributed by atoms with Crippen LogP contribution in [0.15, 0.2) is 0 Å². The molecule has 0 saturated heterocycles. The molecule has 0 aromatic heterocycles. The Morgan fingerprint density at radius 3 is 1.16 bits per heavy atom. The monoisotopic (exact) mass is 372 g/mol. The van der Waals surface area contributed by atoms with Crippen molar-refractivity contribution in [3.8, 4) is 12.4 Å². The molecule has 0 heterocycles. The van der Waals surface area contributed by atoms with Gasteiger partial charge in [0.1, 0.15) is 0 Å². The summed E-state index contributed by atoms with van der Waals surface area (Å²) in [5.41, 5.74) is 8.31. The van der Waals surface area contributed by atoms with E-state index < -0.39 is 7.26 Å². The molecule has 150 valence electrons. The number of nitrogens with zero attached hydrogens (tertiary/aromatic N) is 2. The van der Waals surface area contributed by atoms with E-state index in [0.29, 0.717) is 0 Å². The molecule has 0 spiro atoms. The smallest absolute Gasteiger partial charge is 0.173 e. The zero-order valence-corrected chi connectivity index (χ0v) is 18.4. The Morgan fingerprint density at radius 2 is 0.880 bits per heavy atom. The average molecular weight is 373 g/mol. The first-order chi connectivity index (χ1) is 12.1. The van der Waals surface area contributed by atoms with Gasteiger partial charge in [-0.1, -0.05) is 0 Å². The van der Waals surface area contributed by atoms with Crippen LogP contribution in [0, 0.1) is 22.9 Å². The van der Waals surface area contributed by atoms with Crippen LogP contribution < -0.4 is 11.5 Å². The number of nitrogens with two attached hydrogens (primary N) is 2. The van der Waals surface area contributed by atoms with Crippen molar-refractivity contribution in [3.63, 3.8) is 0 Å². The zero-order valence-electron chi connectivity index (χ0n) is 17.4. The van der Waals surface area contributed by atoms with Gasteiger partial charge in [-0.05, 0) is 0 Å². The van der Waals surface area contributed by atoms with Crippen molar-refractivity contribution < 1.29 is 0 Å². The fraction of sp³-hybridized carbons (Fsp3) is 0.900. The molecule has 0 fully saturated rings. The number of hydrogen-bond acceptors (Lipinski definition) is 4. The Kier molecular flexibility index (Phi) is 29.1. The van der Waals surface area contributed by atoms with E-state index in [9.17, 15) is 0 Å². The van der Waals surface area contributed by atoms with Crippen molar-refractivity contribution in [2.75, 3.05) is 24.6 Å². The van der Waals surface area contributed by atoms with Gasteiger partial charge in [0.2, 0.25) is 0 Å². The summed E-state index contributed by atoms with van der Waals surface area (Å²) >= 11 is 0. The molecule has 0 aromatic carbocycles. The van der Waals surface area contributed by atoms with Gasteiger partial charge in [0, 0.05) is 0 Å². The summed E-state index contributed by atoms with van der Waals surface area (Å²) in [4.78, 5) is 0. The fourth-order valence-corrected chi connectivity index (χ4v) is 6.83. The van der Waals surface area contributed by atoms with E-state index in [1.54, 1.807) is 6.16 Å². The summed E-state index contributed by atoms with van der Waals surface area (Å²) in [5.74, 6) is 0. The van der Waals surface area contributed by atoms with Crippen molar-refractivity contribution in [2.45, 2.75) is 91.9 Å². The molecule has 4 N–H and O–H groups in total. The number of rotatable bonds is 14. The summed E-state index contributed by atoms with van der Waals surface area (Å²) in [5, 5.41) is 14.2. The van der Waals surface area contributed by atoms with E-state index in [1.165, 1.54) is 95.1 Å². The van der Waals surface area contributed by atoms with E-state index >= 15 is 0 Å². The van der Waals surface area contributed by atoms with Gasteiger partial charge >= 0.3 is 124 Å². The zero-order chi connectivity index (χ0) is 19.8. The van der Waals surface area contributed by atoms with E-state index in [-0.39, 0.29) is 0 Å². The Labute approximate surface area is 158 Å². The van der Waals surface area contributed by atoms with E-state index in [0.717, 1.165) is 0 Å². The van der Waals surface area contributed by atoms with Crippen molar-refractivity contribution in [1.29, 1.82) is 10.5 Å². The second-order valence-corrected chi connectivity index (χ2v) is 12.4. The van der Waals surface area contributed by atoms with Crippen molar-refractivity contribution in [3.05, 3.63) is 0 Å². The van der Waals surface area contributed by atoms with Gasteiger partial charge < -0.3 is 11.5 Å². The molecular weight excluding hydrogens is 327 g/mol. The predicted molar refractivity (Wildman–Crippen MR) is 116 cm³/mol. The van der Waals surface area contributed by atoms with Crippen LogP contribution in [0.2, 0.25) is 0 Å². The molecule has 0 rings (SSSR count). The van der Waals surface area contributed by atoms with Gasteiger partial charge in [0.05, 0.1) is 0 Å². The van der Waals surface area contributed by atoms with Crippen LogP contribution in [-0.4, -0.2) is 24.6 Å². The molecule has 0 atom stereocenters. The van der Waals surface area contributed by atoms with Crippen LogP contribution in [0.25, 0.3) is 0 Å². The van der Waals surface area contributed by atoms with Gasteiger partial charge in [-0.15, -0.1) is 0 Å². The third-order valence-electron chi connectivity index (χ3n) is 5.31. The number of hydrogen-bond donors (Lipinski definition) is 2. The minimum Gasteiger partial charge on any atom is -0.337 e. The molecule has 0 amide bonds. The minimum absolute atomic E-state index is 0.808. The molecular formula is C20H45N4P. The number of unbranched alkanes of at least 4 members (excludes halogenated alkanes) is 9. The molecule has 0 aliphatic heterocycles. The van der Waals surface area contributed by atoms with Crippen LogP contribution in [-0.2, 0) is 0 Å². The Hall–Kier alpha value is -0.990. The summed E-state index contributed by atoms with van der Waals surface area (Å²) in [7, 11) is -0.808. The predicted octanol–water partition coefficient (Wildman–Crippen LogP) is 5.57. The van der Waals surface area contributed by atoms with Gasteiger partial charge in [-0.3, -0.25) is 0 Å². The normalized spacial score (nSPS) is 10.3. The fourth-order valence-electron chi connectivity index (χ4n) is 3.27. The first-order valence-electron chi connectivity index (χ1n) is 10.3. The van der Waals surface area contributed by atoms with Crippen molar-refractivity contribution in [2.24, 2.45) is 11.5 Å². The van der Waals surface area contributed by atoms with Crippen LogP contribution in [0.1, 0.15) is 91.9 Å². The largest absolute Gasteiger partial charge is 0.337 e. The summed E-state index contributed by atoms with van der Waals surface area (Å²) < 4.78 is 0. The molecule has 0 aliphatic carbocycles. The van der Waals surface area contributed by atoms with E-state index in [4.69, 9.17) is 10.5 Å². The first kappa shape index (κ1) is 28.8. The van der Waals surface area contributed by atoms with E-state index in [2.05, 4.69) is 39.2 Å². The molecule has 5 heteroatoms. The summed E-state index contributed by atoms with van der Waals surface area (Å²) in [6.45, 7) is 9.62. The second-order valence-electron chi connectivity index (χ2n) is 6.75. The Bertz CT molecular complexity index is 296. The number of nitriles is 2. The molecule has 0 aliphatic rings. The molecule has 4 nitrogen and oxygen atoms in total. The standard InChI is InChI=1S/C18H41P.2CH2N2/c1-5-9-10-11-12-13-14-15-16-17-18-19(6-2,7-3)8-4;2*2-1-3/h19H,5-18H2,1-4H3;2*2H2. The second kappa shape index (κ2) is 25.3. The average Bonchev–Trinajstić information content (AvgIpc) is 2.62. The van der Waals surface area contributed by atoms with E-state index in [1.807, 2.05) is 0 Å². The maximum absolute atomic E-state index is 7.10. The quantitative estimate of drug-likeness (QED) is 0.180. The maximum Gasteiger partial charge on any atom is 0.173 e. The summed E-state index contributed by atoms with van der Waals surface area (Å²) in [6.07, 6.45) is 23.4. The molecule has 25 heavy (non-hydrogen) atoms. The van der Waals surface area contributed by atoms with Gasteiger partial charge in [-0.25, -0.2) is 0 Å². The van der Waals surface area contributed by atoms with Gasteiger partial charge in [0.15, 0.2) is 12.4 Å². The molecule has 0 unspecified atom stereocenters. The minimum atomic E-state index is -0.808. The molecule has 0 aromatic rings. The van der Waals surface area contributed by atoms with Crippen LogP contribution in [0.5, 0.6) is 0 Å². The molecule has 0 radical (unpaired) electrons. The Balaban J connectivity index is -0.000000700. The topological polar surface area (TPSA) is 99.6 Å². The van der Waals surface area contributed by atoms with Gasteiger partial charge in [-0.2, -0.15) is 10.5 Å². The van der Waals surface area contributed by atoms with Gasteiger partial charge in [0.25, 0.3) is 0 Å². The molecule has 0 bridgehead atoms. The summed E-state index contributed by atoms with van der Waals surface area (Å²) in [6, 6.07) is 0. The van der Waals surface area contributed by atoms with Crippen LogP contribution in [0.3, 0.4) is 0 Å². The first-order valence-corrected chi connectivity index (χ1v) is 13.1. The SMILES string of the molecule is CCCCCCCCCCCC[PH](CC)(CC)CC.N#CN.N#CN. The van der Waals surface area contributed by atoms with Crippen LogP contribution >= 0.6 is 7.26 Å². The maximum atomic E-state index is 7.10. The van der Waals surface area contributed by atoms with Crippen molar-refractivity contribution in [1.82, 2.24) is 0 Å². The Morgan fingerprint density at radius 1 is 0.600 bits per heavy atom. The molecule has 0 saturated carbocycles. The van der Waals surface area contributed by atoms with Crippen LogP contribution in [0.4, 0.5) is 0 Å². The third kappa shape index (κ3) is 23.0.